The minimum absolute atomic E-state index is 0.0654. The Balaban J connectivity index is 1.50. The van der Waals surface area contributed by atoms with Gasteiger partial charge in [0.2, 0.25) is 0 Å². The lowest BCUT2D eigenvalue weighted by Gasteiger charge is -2.43. The summed E-state index contributed by atoms with van der Waals surface area (Å²) in [5, 5.41) is 21.8. The van der Waals surface area contributed by atoms with E-state index in [9.17, 15) is 5.26 Å². The van der Waals surface area contributed by atoms with Gasteiger partial charge in [-0.25, -0.2) is 14.4 Å². The fraction of sp³-hybridized carbons (Fsp3) is 0.478. The molecular formula is C23H22ClFN6. The van der Waals surface area contributed by atoms with Crippen molar-refractivity contribution in [3.8, 4) is 17.5 Å². The molecule has 2 bridgehead atoms. The van der Waals surface area contributed by atoms with Gasteiger partial charge >= 0.3 is 0 Å². The highest BCUT2D eigenvalue weighted by molar-refractivity contribution is 6.31. The molecule has 0 saturated heterocycles. The summed E-state index contributed by atoms with van der Waals surface area (Å²) in [6.07, 6.45) is 9.30. The number of aromatic amines is 1. The number of nitrogens with zero attached hydrogens (tertiary/aromatic N) is 4. The lowest BCUT2D eigenvalue weighted by Crippen LogP contribution is -2.40. The maximum absolute atomic E-state index is 15.7. The van der Waals surface area contributed by atoms with Crippen LogP contribution < -0.4 is 5.32 Å². The van der Waals surface area contributed by atoms with Crippen LogP contribution in [0.15, 0.2) is 12.3 Å². The van der Waals surface area contributed by atoms with Crippen LogP contribution in [0, 0.1) is 29.0 Å². The molecule has 0 aliphatic heterocycles. The maximum atomic E-state index is 15.7. The predicted molar refractivity (Wildman–Crippen MR) is 116 cm³/mol. The number of fused-ring (bicyclic) bond motifs is 4. The van der Waals surface area contributed by atoms with Crippen molar-refractivity contribution in [1.82, 2.24) is 20.2 Å². The molecule has 0 spiro atoms. The lowest BCUT2D eigenvalue weighted by atomic mass is 9.68. The molecule has 2 N–H and O–H groups in total. The van der Waals surface area contributed by atoms with E-state index in [0.717, 1.165) is 25.2 Å². The molecule has 158 valence electrons. The SMILES string of the molecule is N#Cc1c(-c2[nH]nc3ncc(Cl)cc23)nc(NC2CC3CCC2CC3)c(F)c1C1CC1. The monoisotopic (exact) mass is 436 g/mol. The van der Waals surface area contributed by atoms with E-state index in [0.29, 0.717) is 38.9 Å². The Kier molecular flexibility index (Phi) is 4.39. The second kappa shape index (κ2) is 7.16. The van der Waals surface area contributed by atoms with Gasteiger partial charge in [-0.1, -0.05) is 24.4 Å². The van der Waals surface area contributed by atoms with Crippen molar-refractivity contribution in [2.75, 3.05) is 5.32 Å². The van der Waals surface area contributed by atoms with Crippen molar-refractivity contribution >= 4 is 28.5 Å². The first-order valence-corrected chi connectivity index (χ1v) is 11.4. The molecule has 31 heavy (non-hydrogen) atoms. The van der Waals surface area contributed by atoms with Gasteiger partial charge in [-0.15, -0.1) is 0 Å². The van der Waals surface area contributed by atoms with Gasteiger partial charge in [-0.3, -0.25) is 5.10 Å². The van der Waals surface area contributed by atoms with E-state index < -0.39 is 0 Å². The molecule has 1 unspecified atom stereocenters. The molecule has 3 heterocycles. The molecule has 8 heteroatoms. The summed E-state index contributed by atoms with van der Waals surface area (Å²) in [7, 11) is 0. The highest BCUT2D eigenvalue weighted by atomic mass is 35.5. The van der Waals surface area contributed by atoms with E-state index >= 15 is 4.39 Å². The van der Waals surface area contributed by atoms with E-state index in [1.165, 1.54) is 31.9 Å². The van der Waals surface area contributed by atoms with Crippen LogP contribution in [0.25, 0.3) is 22.4 Å². The molecule has 3 aromatic heterocycles. The number of halogens is 2. The summed E-state index contributed by atoms with van der Waals surface area (Å²) < 4.78 is 15.7. The van der Waals surface area contributed by atoms with Gasteiger partial charge in [0, 0.05) is 23.2 Å². The molecule has 0 amide bonds. The quantitative estimate of drug-likeness (QED) is 0.559. The van der Waals surface area contributed by atoms with Gasteiger partial charge in [-0.05, 0) is 55.9 Å². The van der Waals surface area contributed by atoms with E-state index in [2.05, 4.69) is 31.6 Å². The van der Waals surface area contributed by atoms with Crippen LogP contribution in [0.1, 0.15) is 62.0 Å². The fourth-order valence-electron chi connectivity index (χ4n) is 5.51. The number of nitrogens with one attached hydrogen (secondary N) is 2. The number of pyridine rings is 2. The van der Waals surface area contributed by atoms with Crippen molar-refractivity contribution in [2.45, 2.75) is 56.9 Å². The smallest absolute Gasteiger partial charge is 0.181 e. The maximum Gasteiger partial charge on any atom is 0.181 e. The summed E-state index contributed by atoms with van der Waals surface area (Å²) in [5.41, 5.74) is 2.22. The Morgan fingerprint density at radius 1 is 1.19 bits per heavy atom. The number of hydrogen-bond acceptors (Lipinski definition) is 5. The minimum atomic E-state index is -0.371. The lowest BCUT2D eigenvalue weighted by molar-refractivity contribution is 0.157. The molecule has 0 radical (unpaired) electrons. The van der Waals surface area contributed by atoms with Gasteiger partial charge in [0.05, 0.1) is 16.3 Å². The van der Waals surface area contributed by atoms with E-state index in [4.69, 9.17) is 11.6 Å². The Labute approximate surface area is 184 Å². The Morgan fingerprint density at radius 2 is 2.00 bits per heavy atom. The first-order chi connectivity index (χ1) is 15.1. The fourth-order valence-corrected chi connectivity index (χ4v) is 5.67. The molecule has 3 aromatic rings. The van der Waals surface area contributed by atoms with Crippen LogP contribution >= 0.6 is 11.6 Å². The molecule has 0 aromatic carbocycles. The summed E-state index contributed by atoms with van der Waals surface area (Å²) >= 11 is 6.16. The van der Waals surface area contributed by atoms with Gasteiger partial charge in [0.25, 0.3) is 0 Å². The number of anilines is 1. The summed E-state index contributed by atoms with van der Waals surface area (Å²) in [4.78, 5) is 8.90. The Morgan fingerprint density at radius 3 is 2.68 bits per heavy atom. The number of aromatic nitrogens is 4. The second-order valence-corrected chi connectivity index (χ2v) is 9.62. The van der Waals surface area contributed by atoms with Crippen molar-refractivity contribution in [3.05, 3.63) is 34.2 Å². The predicted octanol–water partition coefficient (Wildman–Crippen LogP) is 5.55. The van der Waals surface area contributed by atoms with Gasteiger partial charge in [0.15, 0.2) is 17.3 Å². The average Bonchev–Trinajstić information content (AvgIpc) is 3.54. The van der Waals surface area contributed by atoms with Crippen LogP contribution in [-0.2, 0) is 0 Å². The molecule has 4 aliphatic rings. The van der Waals surface area contributed by atoms with Crippen molar-refractivity contribution in [2.24, 2.45) is 11.8 Å². The summed E-state index contributed by atoms with van der Waals surface area (Å²) in [6.45, 7) is 0. The highest BCUT2D eigenvalue weighted by Crippen LogP contribution is 2.47. The van der Waals surface area contributed by atoms with Crippen LogP contribution in [-0.4, -0.2) is 26.2 Å². The molecule has 7 rings (SSSR count). The zero-order valence-electron chi connectivity index (χ0n) is 17.0. The number of nitriles is 1. The van der Waals surface area contributed by atoms with Gasteiger partial charge in [-0.2, -0.15) is 10.4 Å². The highest BCUT2D eigenvalue weighted by Gasteiger charge is 2.38. The third-order valence-electron chi connectivity index (χ3n) is 7.25. The van der Waals surface area contributed by atoms with Gasteiger partial charge in [0.1, 0.15) is 11.8 Å². The Bertz CT molecular complexity index is 1220. The molecule has 4 saturated carbocycles. The first kappa shape index (κ1) is 19.0. The first-order valence-electron chi connectivity index (χ1n) is 11.0. The number of hydrogen-bond donors (Lipinski definition) is 2. The number of H-pyrrole nitrogens is 1. The number of rotatable bonds is 4. The van der Waals surface area contributed by atoms with Gasteiger partial charge < -0.3 is 5.32 Å². The molecule has 6 nitrogen and oxygen atoms in total. The van der Waals surface area contributed by atoms with Crippen molar-refractivity contribution < 1.29 is 4.39 Å². The van der Waals surface area contributed by atoms with Crippen molar-refractivity contribution in [3.63, 3.8) is 0 Å². The summed E-state index contributed by atoms with van der Waals surface area (Å²) in [6, 6.07) is 4.20. The van der Waals surface area contributed by atoms with E-state index in [1.807, 2.05) is 0 Å². The van der Waals surface area contributed by atoms with Crippen LogP contribution in [0.2, 0.25) is 5.02 Å². The normalized spacial score (nSPS) is 25.0. The van der Waals surface area contributed by atoms with Crippen LogP contribution in [0.4, 0.5) is 10.2 Å². The van der Waals surface area contributed by atoms with Crippen molar-refractivity contribution in [1.29, 1.82) is 5.26 Å². The third-order valence-corrected chi connectivity index (χ3v) is 7.46. The van der Waals surface area contributed by atoms with Crippen LogP contribution in [0.3, 0.4) is 0 Å². The molecule has 4 aliphatic carbocycles. The molecule has 4 fully saturated rings. The standard InChI is InChI=1S/C23H22ClFN6/c24-14-8-15-21(30-31-22(15)27-10-14)20-16(9-26)18(13-5-6-13)19(25)23(29-20)28-17-7-11-1-3-12(17)4-2-11/h8,10-13,17H,1-7H2,(H,28,29)(H,27,30,31). The molecular weight excluding hydrogens is 415 g/mol. The topological polar surface area (TPSA) is 90.3 Å². The zero-order valence-corrected chi connectivity index (χ0v) is 17.7. The van der Waals surface area contributed by atoms with E-state index in [-0.39, 0.29) is 29.2 Å². The largest absolute Gasteiger partial charge is 0.365 e. The third kappa shape index (κ3) is 3.16. The average molecular weight is 437 g/mol. The Hall–Kier alpha value is -2.72. The second-order valence-electron chi connectivity index (χ2n) is 9.19. The summed E-state index contributed by atoms with van der Waals surface area (Å²) in [5.74, 6) is 1.23. The van der Waals surface area contributed by atoms with Crippen LogP contribution in [0.5, 0.6) is 0 Å². The molecule has 1 atom stereocenters. The zero-order chi connectivity index (χ0) is 21.1. The minimum Gasteiger partial charge on any atom is -0.365 e. The van der Waals surface area contributed by atoms with E-state index in [1.54, 1.807) is 6.07 Å².